The van der Waals surface area contributed by atoms with E-state index in [9.17, 15) is 4.39 Å². The Morgan fingerprint density at radius 2 is 1.82 bits per heavy atom. The van der Waals surface area contributed by atoms with Gasteiger partial charge in [0.1, 0.15) is 11.6 Å². The minimum absolute atomic E-state index is 0.245. The highest BCUT2D eigenvalue weighted by Crippen LogP contribution is 2.31. The number of halogens is 3. The molecule has 5 heteroatoms. The van der Waals surface area contributed by atoms with Crippen molar-refractivity contribution in [2.24, 2.45) is 0 Å². The van der Waals surface area contributed by atoms with Gasteiger partial charge >= 0.3 is 0 Å². The monoisotopic (exact) mass is 334 g/mol. The molecule has 0 unspecified atom stereocenters. The molecular formula is C17H13Cl2FN2. The molecule has 2 aromatic carbocycles. The Bertz CT molecular complexity index is 810. The lowest BCUT2D eigenvalue weighted by atomic mass is 10.1. The summed E-state index contributed by atoms with van der Waals surface area (Å²) < 4.78 is 12.9. The van der Waals surface area contributed by atoms with Crippen molar-refractivity contribution >= 4 is 23.2 Å². The topological polar surface area (TPSA) is 28.7 Å². The Labute approximate surface area is 137 Å². The summed E-state index contributed by atoms with van der Waals surface area (Å²) in [5.41, 5.74) is 3.48. The Hall–Kier alpha value is -1.84. The largest absolute Gasteiger partial charge is 0.345 e. The first kappa shape index (κ1) is 15.1. The van der Waals surface area contributed by atoms with E-state index in [0.29, 0.717) is 16.5 Å². The maximum Gasteiger partial charge on any atom is 0.123 e. The van der Waals surface area contributed by atoms with Crippen molar-refractivity contribution in [1.82, 2.24) is 9.97 Å². The summed E-state index contributed by atoms with van der Waals surface area (Å²) >= 11 is 12.3. The first-order chi connectivity index (χ1) is 10.5. The molecule has 0 bridgehead atoms. The average Bonchev–Trinajstić information content (AvgIpc) is 2.84. The highest BCUT2D eigenvalue weighted by Gasteiger charge is 2.13. The molecule has 0 spiro atoms. The molecule has 1 aromatic heterocycles. The van der Waals surface area contributed by atoms with Crippen LogP contribution in [0.3, 0.4) is 0 Å². The van der Waals surface area contributed by atoms with E-state index in [1.165, 1.54) is 12.1 Å². The van der Waals surface area contributed by atoms with Crippen LogP contribution in [0.2, 0.25) is 10.0 Å². The van der Waals surface area contributed by atoms with Crippen molar-refractivity contribution in [1.29, 1.82) is 0 Å². The molecule has 1 heterocycles. The summed E-state index contributed by atoms with van der Waals surface area (Å²) in [6.45, 7) is 1.94. The van der Waals surface area contributed by atoms with Crippen LogP contribution in [0, 0.1) is 12.7 Å². The maximum atomic E-state index is 12.9. The third-order valence-electron chi connectivity index (χ3n) is 3.40. The van der Waals surface area contributed by atoms with Crippen LogP contribution in [0.5, 0.6) is 0 Å². The number of hydrogen-bond donors (Lipinski definition) is 1. The SMILES string of the molecule is Cc1[nH]c(Cc2ccc(F)cc2)nc1-c1cc(Cl)ccc1Cl. The third-order valence-corrected chi connectivity index (χ3v) is 3.97. The smallest absolute Gasteiger partial charge is 0.123 e. The summed E-state index contributed by atoms with van der Waals surface area (Å²) in [7, 11) is 0. The molecule has 0 amide bonds. The number of benzene rings is 2. The van der Waals surface area contributed by atoms with Crippen LogP contribution < -0.4 is 0 Å². The van der Waals surface area contributed by atoms with Crippen molar-refractivity contribution in [3.63, 3.8) is 0 Å². The highest BCUT2D eigenvalue weighted by molar-refractivity contribution is 6.35. The fourth-order valence-corrected chi connectivity index (χ4v) is 2.72. The molecule has 1 N–H and O–H groups in total. The van der Waals surface area contributed by atoms with Gasteiger partial charge < -0.3 is 4.98 Å². The Morgan fingerprint density at radius 1 is 1.09 bits per heavy atom. The van der Waals surface area contributed by atoms with Gasteiger partial charge in [-0.25, -0.2) is 9.37 Å². The summed E-state index contributed by atoms with van der Waals surface area (Å²) in [5.74, 6) is 0.556. The van der Waals surface area contributed by atoms with Gasteiger partial charge in [-0.3, -0.25) is 0 Å². The molecule has 0 aliphatic carbocycles. The van der Waals surface area contributed by atoms with Gasteiger partial charge in [0.25, 0.3) is 0 Å². The number of nitrogens with one attached hydrogen (secondary N) is 1. The minimum atomic E-state index is -0.245. The first-order valence-electron chi connectivity index (χ1n) is 6.78. The van der Waals surface area contributed by atoms with E-state index in [1.54, 1.807) is 30.3 Å². The zero-order valence-electron chi connectivity index (χ0n) is 11.8. The second kappa shape index (κ2) is 6.11. The van der Waals surface area contributed by atoms with Gasteiger partial charge in [-0.2, -0.15) is 0 Å². The van der Waals surface area contributed by atoms with Crippen molar-refractivity contribution in [2.75, 3.05) is 0 Å². The number of hydrogen-bond acceptors (Lipinski definition) is 1. The number of H-pyrrole nitrogens is 1. The van der Waals surface area contributed by atoms with Crippen molar-refractivity contribution in [3.8, 4) is 11.3 Å². The summed E-state index contributed by atoms with van der Waals surface area (Å²) in [4.78, 5) is 7.85. The van der Waals surface area contributed by atoms with Crippen LogP contribution in [-0.4, -0.2) is 9.97 Å². The van der Waals surface area contributed by atoms with E-state index >= 15 is 0 Å². The molecule has 0 aliphatic heterocycles. The summed E-state index contributed by atoms with van der Waals surface area (Å²) in [6, 6.07) is 11.7. The van der Waals surface area contributed by atoms with E-state index < -0.39 is 0 Å². The number of rotatable bonds is 3. The van der Waals surface area contributed by atoms with Crippen molar-refractivity contribution < 1.29 is 4.39 Å². The predicted octanol–water partition coefficient (Wildman–Crippen LogP) is 5.42. The average molecular weight is 335 g/mol. The zero-order valence-corrected chi connectivity index (χ0v) is 13.3. The van der Waals surface area contributed by atoms with Gasteiger partial charge in [-0.15, -0.1) is 0 Å². The highest BCUT2D eigenvalue weighted by atomic mass is 35.5. The molecule has 3 rings (SSSR count). The fraction of sp³-hybridized carbons (Fsp3) is 0.118. The zero-order chi connectivity index (χ0) is 15.7. The molecule has 0 atom stereocenters. The van der Waals surface area contributed by atoms with E-state index in [2.05, 4.69) is 9.97 Å². The van der Waals surface area contributed by atoms with Gasteiger partial charge in [0.05, 0.1) is 10.7 Å². The second-order valence-electron chi connectivity index (χ2n) is 5.08. The fourth-order valence-electron chi connectivity index (χ4n) is 2.34. The molecule has 3 aromatic rings. The number of nitrogens with zero attached hydrogens (tertiary/aromatic N) is 1. The molecule has 0 saturated heterocycles. The molecule has 0 radical (unpaired) electrons. The van der Waals surface area contributed by atoms with E-state index in [4.69, 9.17) is 23.2 Å². The van der Waals surface area contributed by atoms with Crippen LogP contribution in [0.4, 0.5) is 4.39 Å². The van der Waals surface area contributed by atoms with Crippen LogP contribution in [-0.2, 0) is 6.42 Å². The summed E-state index contributed by atoms with van der Waals surface area (Å²) in [5, 5.41) is 1.22. The van der Waals surface area contributed by atoms with E-state index in [1.807, 2.05) is 6.92 Å². The number of aryl methyl sites for hydroxylation is 1. The maximum absolute atomic E-state index is 12.9. The number of imidazole rings is 1. The summed E-state index contributed by atoms with van der Waals surface area (Å²) in [6.07, 6.45) is 0.597. The Balaban J connectivity index is 1.93. The second-order valence-corrected chi connectivity index (χ2v) is 5.93. The number of aromatic amines is 1. The van der Waals surface area contributed by atoms with Crippen LogP contribution in [0.1, 0.15) is 17.1 Å². The standard InChI is InChI=1S/C17H13Cl2FN2/c1-10-17(14-9-12(18)4-7-15(14)19)22-16(21-10)8-11-2-5-13(20)6-3-11/h2-7,9H,8H2,1H3,(H,21,22). The quantitative estimate of drug-likeness (QED) is 0.680. The Morgan fingerprint density at radius 3 is 2.55 bits per heavy atom. The molecular weight excluding hydrogens is 322 g/mol. The van der Waals surface area contributed by atoms with E-state index in [-0.39, 0.29) is 5.82 Å². The van der Waals surface area contributed by atoms with Crippen LogP contribution in [0.25, 0.3) is 11.3 Å². The van der Waals surface area contributed by atoms with Crippen LogP contribution >= 0.6 is 23.2 Å². The normalized spacial score (nSPS) is 10.9. The molecule has 112 valence electrons. The Kier molecular flexibility index (Phi) is 4.19. The molecule has 22 heavy (non-hydrogen) atoms. The predicted molar refractivity (Wildman–Crippen MR) is 88.0 cm³/mol. The van der Waals surface area contributed by atoms with Gasteiger partial charge in [0, 0.05) is 22.7 Å². The molecule has 0 fully saturated rings. The first-order valence-corrected chi connectivity index (χ1v) is 7.54. The van der Waals surface area contributed by atoms with Gasteiger partial charge in [-0.1, -0.05) is 35.3 Å². The van der Waals surface area contributed by atoms with Crippen molar-refractivity contribution in [3.05, 3.63) is 75.4 Å². The van der Waals surface area contributed by atoms with Gasteiger partial charge in [0.2, 0.25) is 0 Å². The van der Waals surface area contributed by atoms with Crippen LogP contribution in [0.15, 0.2) is 42.5 Å². The van der Waals surface area contributed by atoms with Gasteiger partial charge in [0.15, 0.2) is 0 Å². The third kappa shape index (κ3) is 3.16. The molecule has 0 saturated carbocycles. The lowest BCUT2D eigenvalue weighted by molar-refractivity contribution is 0.627. The lowest BCUT2D eigenvalue weighted by Gasteiger charge is -2.02. The minimum Gasteiger partial charge on any atom is -0.345 e. The molecule has 2 nitrogen and oxygen atoms in total. The van der Waals surface area contributed by atoms with Crippen molar-refractivity contribution in [2.45, 2.75) is 13.3 Å². The molecule has 0 aliphatic rings. The number of aromatic nitrogens is 2. The van der Waals surface area contributed by atoms with Gasteiger partial charge in [-0.05, 0) is 42.8 Å². The lowest BCUT2D eigenvalue weighted by Crippen LogP contribution is -1.91. The van der Waals surface area contributed by atoms with E-state index in [0.717, 1.165) is 28.3 Å².